The summed E-state index contributed by atoms with van der Waals surface area (Å²) in [6, 6.07) is 48.2. The largest absolute Gasteiger partial charge is 0.385 e. The average molecular weight is 603 g/mol. The van der Waals surface area contributed by atoms with E-state index in [0.29, 0.717) is 16.9 Å². The van der Waals surface area contributed by atoms with E-state index < -0.39 is 26.0 Å². The van der Waals surface area contributed by atoms with Crippen molar-refractivity contribution in [1.29, 1.82) is 10.5 Å². The van der Waals surface area contributed by atoms with Crippen LogP contribution < -0.4 is 5.73 Å². The molecule has 0 radical (unpaired) electrons. The summed E-state index contributed by atoms with van der Waals surface area (Å²) >= 11 is 0. The van der Waals surface area contributed by atoms with E-state index in [9.17, 15) is 10.5 Å². The quantitative estimate of drug-likeness (QED) is 0.211. The predicted octanol–water partition coefficient (Wildman–Crippen LogP) is 8.06. The van der Waals surface area contributed by atoms with Gasteiger partial charge < -0.3 is 9.97 Å². The van der Waals surface area contributed by atoms with Gasteiger partial charge in [0, 0.05) is 10.4 Å². The standard InChI is InChI=1S/C38H34N4Si2/c1-43(2)37(29-21-13-7-14-22-29)33(27-17-9-5-10-18-27)34(28-19-11-6-12-20-28)38(43,30-23-15-8-16-24-30)44(3,4)42-35(37)31(25-39)32(26-40)36(42)41/h5-24H,41H2,1-4H3. The van der Waals surface area contributed by atoms with Crippen molar-refractivity contribution in [2.75, 3.05) is 5.73 Å². The molecule has 44 heavy (non-hydrogen) atoms. The number of hydrogen-bond donors (Lipinski definition) is 1. The second-order valence-corrected chi connectivity index (χ2v) is 22.5. The molecule has 4 nitrogen and oxygen atoms in total. The number of anilines is 1. The SMILES string of the molecule is C[Si]1(C)n2c(N)c(C#N)c(C#N)c2C2(c3ccccc3)C(c3ccccc3)=C(c3ccccc3)C1(c1ccccc1)[Si]2(C)C. The van der Waals surface area contributed by atoms with Crippen LogP contribution >= 0.6 is 0 Å². The third kappa shape index (κ3) is 3.04. The maximum absolute atomic E-state index is 10.9. The van der Waals surface area contributed by atoms with Crippen LogP contribution in [0.5, 0.6) is 0 Å². The normalized spacial score (nSPS) is 22.6. The van der Waals surface area contributed by atoms with Crippen LogP contribution in [0.4, 0.5) is 5.82 Å². The topological polar surface area (TPSA) is 78.5 Å². The molecule has 7 rings (SSSR count). The van der Waals surface area contributed by atoms with Crippen molar-refractivity contribution < 1.29 is 0 Å². The van der Waals surface area contributed by atoms with Crippen molar-refractivity contribution in [2.24, 2.45) is 0 Å². The van der Waals surface area contributed by atoms with Crippen molar-refractivity contribution in [1.82, 2.24) is 4.23 Å². The molecule has 4 aromatic carbocycles. The van der Waals surface area contributed by atoms with E-state index in [0.717, 1.165) is 16.8 Å². The molecular formula is C38H34N4Si2. The fraction of sp³-hybridized carbons (Fsp3) is 0.158. The van der Waals surface area contributed by atoms with Gasteiger partial charge in [-0.15, -0.1) is 0 Å². The highest BCUT2D eigenvalue weighted by Crippen LogP contribution is 2.74. The lowest BCUT2D eigenvalue weighted by Crippen LogP contribution is -2.77. The molecule has 2 atom stereocenters. The lowest BCUT2D eigenvalue weighted by Gasteiger charge is -2.62. The van der Waals surface area contributed by atoms with Crippen molar-refractivity contribution in [3.8, 4) is 12.1 Å². The Morgan fingerprint density at radius 2 is 1.02 bits per heavy atom. The highest BCUT2D eigenvalue weighted by Gasteiger charge is 2.79. The predicted molar refractivity (Wildman–Crippen MR) is 184 cm³/mol. The molecule has 2 bridgehead atoms. The Kier molecular flexibility index (Phi) is 6.06. The van der Waals surface area contributed by atoms with Crippen LogP contribution in [0.3, 0.4) is 0 Å². The van der Waals surface area contributed by atoms with Gasteiger partial charge in [-0.25, -0.2) is 0 Å². The summed E-state index contributed by atoms with van der Waals surface area (Å²) in [5, 5.41) is 20.7. The number of aromatic nitrogens is 1. The zero-order valence-corrected chi connectivity index (χ0v) is 27.5. The average Bonchev–Trinajstić information content (AvgIpc) is 3.43. The lowest BCUT2D eigenvalue weighted by molar-refractivity contribution is 0.757. The first-order chi connectivity index (χ1) is 21.2. The molecule has 2 N–H and O–H groups in total. The van der Waals surface area contributed by atoms with Gasteiger partial charge in [-0.2, -0.15) is 10.5 Å². The number of benzene rings is 4. The van der Waals surface area contributed by atoms with Gasteiger partial charge >= 0.3 is 0 Å². The molecule has 0 saturated heterocycles. The van der Waals surface area contributed by atoms with Crippen LogP contribution in [0.2, 0.25) is 26.2 Å². The highest BCUT2D eigenvalue weighted by atomic mass is 28.4. The maximum atomic E-state index is 10.9. The van der Waals surface area contributed by atoms with Crippen LogP contribution in [-0.4, -0.2) is 20.5 Å². The zero-order valence-electron chi connectivity index (χ0n) is 25.5. The van der Waals surface area contributed by atoms with E-state index in [1.807, 2.05) is 0 Å². The minimum absolute atomic E-state index is 0.299. The first-order valence-electron chi connectivity index (χ1n) is 15.0. The number of fused-ring (bicyclic) bond motifs is 4. The Morgan fingerprint density at radius 1 is 0.591 bits per heavy atom. The van der Waals surface area contributed by atoms with Crippen LogP contribution in [0, 0.1) is 22.7 Å². The van der Waals surface area contributed by atoms with Crippen LogP contribution in [0.1, 0.15) is 39.1 Å². The monoisotopic (exact) mass is 602 g/mol. The summed E-state index contributed by atoms with van der Waals surface area (Å²) in [6.45, 7) is 9.87. The lowest BCUT2D eigenvalue weighted by atomic mass is 9.77. The van der Waals surface area contributed by atoms with Crippen molar-refractivity contribution in [2.45, 2.75) is 35.9 Å². The molecule has 2 aliphatic rings. The van der Waals surface area contributed by atoms with E-state index in [2.05, 4.69) is 164 Å². The van der Waals surface area contributed by atoms with Gasteiger partial charge in [0.1, 0.15) is 23.5 Å². The first-order valence-corrected chi connectivity index (χ1v) is 21.0. The summed E-state index contributed by atoms with van der Waals surface area (Å²) in [4.78, 5) is 0. The van der Waals surface area contributed by atoms with E-state index in [4.69, 9.17) is 5.73 Å². The fourth-order valence-electron chi connectivity index (χ4n) is 9.49. The summed E-state index contributed by atoms with van der Waals surface area (Å²) in [5.74, 6) is 0.419. The van der Waals surface area contributed by atoms with Gasteiger partial charge in [0.2, 0.25) is 0 Å². The molecule has 0 fully saturated rings. The Labute approximate surface area is 261 Å². The third-order valence-electron chi connectivity index (χ3n) is 10.7. The summed E-state index contributed by atoms with van der Waals surface area (Å²) in [6.07, 6.45) is 0. The molecule has 3 heterocycles. The fourth-order valence-corrected chi connectivity index (χ4v) is 25.2. The molecule has 214 valence electrons. The van der Waals surface area contributed by atoms with Gasteiger partial charge in [0.25, 0.3) is 0 Å². The van der Waals surface area contributed by atoms with E-state index in [1.165, 1.54) is 22.3 Å². The molecule has 0 amide bonds. The van der Waals surface area contributed by atoms with E-state index >= 15 is 0 Å². The highest BCUT2D eigenvalue weighted by molar-refractivity contribution is 7.06. The molecule has 2 aliphatic heterocycles. The Hall–Kier alpha value is -4.89. The van der Waals surface area contributed by atoms with Gasteiger partial charge in [0.15, 0.2) is 8.24 Å². The number of nitrogens with zero attached hydrogens (tertiary/aromatic N) is 3. The van der Waals surface area contributed by atoms with E-state index in [1.54, 1.807) is 0 Å². The van der Waals surface area contributed by atoms with E-state index in [-0.39, 0.29) is 0 Å². The van der Waals surface area contributed by atoms with Gasteiger partial charge in [0.05, 0.1) is 18.7 Å². The summed E-state index contributed by atoms with van der Waals surface area (Å²) in [5.41, 5.74) is 16.0. The molecule has 0 saturated carbocycles. The zero-order chi connectivity index (χ0) is 30.9. The molecule has 5 aromatic rings. The smallest absolute Gasteiger partial charge is 0.170 e. The van der Waals surface area contributed by atoms with Crippen LogP contribution in [0.25, 0.3) is 11.1 Å². The minimum Gasteiger partial charge on any atom is -0.385 e. The number of nitriles is 2. The number of hydrogen-bond acceptors (Lipinski definition) is 3. The molecule has 2 unspecified atom stereocenters. The second-order valence-electron chi connectivity index (χ2n) is 12.9. The number of rotatable bonds is 4. The third-order valence-corrected chi connectivity index (χ3v) is 23.4. The molecule has 0 aliphatic carbocycles. The maximum Gasteiger partial charge on any atom is 0.170 e. The van der Waals surface area contributed by atoms with Crippen molar-refractivity contribution in [3.05, 3.63) is 160 Å². The van der Waals surface area contributed by atoms with Gasteiger partial charge in [-0.1, -0.05) is 148 Å². The van der Waals surface area contributed by atoms with Gasteiger partial charge in [-0.3, -0.25) is 0 Å². The summed E-state index contributed by atoms with van der Waals surface area (Å²) < 4.78 is 1.92. The summed E-state index contributed by atoms with van der Waals surface area (Å²) in [7, 11) is -5.59. The number of allylic oxidation sites excluding steroid dienone is 2. The minimum atomic E-state index is -2.82. The Morgan fingerprint density at radius 3 is 1.50 bits per heavy atom. The molecule has 6 heteroatoms. The van der Waals surface area contributed by atoms with Crippen LogP contribution in [0.15, 0.2) is 121 Å². The van der Waals surface area contributed by atoms with Gasteiger partial charge in [-0.05, 0) is 33.4 Å². The number of nitrogen functional groups attached to an aromatic ring is 1. The number of nitrogens with two attached hydrogens (primary N) is 1. The molecule has 0 spiro atoms. The molecule has 1 aromatic heterocycles. The second kappa shape index (κ2) is 9.56. The van der Waals surface area contributed by atoms with Crippen LogP contribution in [-0.2, 0) is 9.70 Å². The van der Waals surface area contributed by atoms with Crippen molar-refractivity contribution in [3.63, 3.8) is 0 Å². The first kappa shape index (κ1) is 27.9. The Bertz CT molecular complexity index is 2030. The van der Waals surface area contributed by atoms with Crippen molar-refractivity contribution >= 4 is 33.3 Å². The molecular weight excluding hydrogens is 569 g/mol. The Balaban J connectivity index is 1.89.